The van der Waals surface area contributed by atoms with E-state index in [1.807, 2.05) is 29.8 Å². The molecule has 0 atom stereocenters. The standard InChI is InChI=1S/C18H13N3O3/c1-11-10-21-8-4-6-14(16(21)19-11)20-17(22)13-9-12-5-2-3-7-15(12)24-18(13)23/h2-10H,1H3,(H,20,22). The molecule has 1 aromatic carbocycles. The number of hydrogen-bond acceptors (Lipinski definition) is 4. The summed E-state index contributed by atoms with van der Waals surface area (Å²) >= 11 is 0. The number of pyridine rings is 1. The van der Waals surface area contributed by atoms with E-state index in [1.54, 1.807) is 30.3 Å². The Morgan fingerprint density at radius 1 is 1.21 bits per heavy atom. The lowest BCUT2D eigenvalue weighted by molar-refractivity contribution is 0.102. The van der Waals surface area contributed by atoms with Crippen LogP contribution in [0.15, 0.2) is 64.1 Å². The summed E-state index contributed by atoms with van der Waals surface area (Å²) in [6.45, 7) is 1.87. The van der Waals surface area contributed by atoms with E-state index < -0.39 is 11.5 Å². The van der Waals surface area contributed by atoms with Gasteiger partial charge < -0.3 is 14.1 Å². The molecule has 0 saturated carbocycles. The molecule has 1 amide bonds. The van der Waals surface area contributed by atoms with Crippen LogP contribution in [0.5, 0.6) is 0 Å². The molecule has 0 aliphatic heterocycles. The normalized spacial score (nSPS) is 11.0. The Balaban J connectivity index is 1.76. The maximum absolute atomic E-state index is 12.5. The third kappa shape index (κ3) is 2.34. The highest BCUT2D eigenvalue weighted by molar-refractivity contribution is 6.06. The zero-order valence-corrected chi connectivity index (χ0v) is 12.8. The first-order chi connectivity index (χ1) is 11.6. The van der Waals surface area contributed by atoms with Crippen molar-refractivity contribution in [1.29, 1.82) is 0 Å². The van der Waals surface area contributed by atoms with Gasteiger partial charge in [-0.1, -0.05) is 18.2 Å². The molecule has 4 aromatic rings. The fourth-order valence-corrected chi connectivity index (χ4v) is 2.64. The van der Waals surface area contributed by atoms with Gasteiger partial charge in [0.05, 0.1) is 11.4 Å². The maximum atomic E-state index is 12.5. The Morgan fingerprint density at radius 2 is 2.04 bits per heavy atom. The number of para-hydroxylation sites is 1. The monoisotopic (exact) mass is 319 g/mol. The molecule has 1 N–H and O–H groups in total. The van der Waals surface area contributed by atoms with E-state index >= 15 is 0 Å². The van der Waals surface area contributed by atoms with Crippen molar-refractivity contribution in [2.45, 2.75) is 6.92 Å². The summed E-state index contributed by atoms with van der Waals surface area (Å²) in [5, 5.41) is 3.43. The van der Waals surface area contributed by atoms with Crippen LogP contribution in [-0.2, 0) is 0 Å². The first-order valence-corrected chi connectivity index (χ1v) is 7.40. The van der Waals surface area contributed by atoms with Crippen LogP contribution < -0.4 is 10.9 Å². The summed E-state index contributed by atoms with van der Waals surface area (Å²) < 4.78 is 7.02. The number of amides is 1. The van der Waals surface area contributed by atoms with Crippen LogP contribution in [0.25, 0.3) is 16.6 Å². The number of nitrogens with zero attached hydrogens (tertiary/aromatic N) is 2. The summed E-state index contributed by atoms with van der Waals surface area (Å²) in [7, 11) is 0. The number of rotatable bonds is 2. The largest absolute Gasteiger partial charge is 0.422 e. The molecule has 0 aliphatic carbocycles. The Bertz CT molecular complexity index is 1140. The number of carbonyl (C=O) groups is 1. The van der Waals surface area contributed by atoms with Gasteiger partial charge in [0, 0.05) is 17.8 Å². The Labute approximate surface area is 136 Å². The highest BCUT2D eigenvalue weighted by Gasteiger charge is 2.15. The average Bonchev–Trinajstić information content (AvgIpc) is 2.95. The topological polar surface area (TPSA) is 76.6 Å². The summed E-state index contributed by atoms with van der Waals surface area (Å²) in [6, 6.07) is 12.1. The van der Waals surface area contributed by atoms with Crippen LogP contribution in [0.4, 0.5) is 5.69 Å². The van der Waals surface area contributed by atoms with E-state index in [9.17, 15) is 9.59 Å². The summed E-state index contributed by atoms with van der Waals surface area (Å²) in [5.74, 6) is -0.525. The van der Waals surface area contributed by atoms with Crippen molar-refractivity contribution in [3.63, 3.8) is 0 Å². The lowest BCUT2D eigenvalue weighted by Crippen LogP contribution is -2.21. The van der Waals surface area contributed by atoms with Crippen LogP contribution in [-0.4, -0.2) is 15.3 Å². The molecule has 0 radical (unpaired) electrons. The molecule has 3 aromatic heterocycles. The van der Waals surface area contributed by atoms with Crippen LogP contribution in [0, 0.1) is 6.92 Å². The van der Waals surface area contributed by atoms with Gasteiger partial charge in [0.25, 0.3) is 5.91 Å². The van der Waals surface area contributed by atoms with E-state index in [4.69, 9.17) is 4.42 Å². The molecule has 24 heavy (non-hydrogen) atoms. The molecule has 0 saturated heterocycles. The lowest BCUT2D eigenvalue weighted by atomic mass is 10.2. The third-order valence-corrected chi connectivity index (χ3v) is 3.74. The minimum Gasteiger partial charge on any atom is -0.422 e. The minimum absolute atomic E-state index is 0.0426. The first kappa shape index (κ1) is 14.2. The second kappa shape index (κ2) is 5.34. The van der Waals surface area contributed by atoms with Crippen LogP contribution in [0.2, 0.25) is 0 Å². The number of imidazole rings is 1. The number of carbonyl (C=O) groups excluding carboxylic acids is 1. The van der Waals surface area contributed by atoms with E-state index in [0.29, 0.717) is 22.3 Å². The quantitative estimate of drug-likeness (QED) is 0.576. The van der Waals surface area contributed by atoms with Gasteiger partial charge in [-0.3, -0.25) is 4.79 Å². The molecular formula is C18H13N3O3. The average molecular weight is 319 g/mol. The fraction of sp³-hybridized carbons (Fsp3) is 0.0556. The van der Waals surface area contributed by atoms with Gasteiger partial charge in [-0.15, -0.1) is 0 Å². The van der Waals surface area contributed by atoms with E-state index in [0.717, 1.165) is 5.69 Å². The molecule has 0 unspecified atom stereocenters. The predicted octanol–water partition coefficient (Wildman–Crippen LogP) is 3.00. The number of benzene rings is 1. The Kier molecular flexibility index (Phi) is 3.16. The predicted molar refractivity (Wildman–Crippen MR) is 90.4 cm³/mol. The van der Waals surface area contributed by atoms with Crippen molar-refractivity contribution in [2.24, 2.45) is 0 Å². The van der Waals surface area contributed by atoms with Gasteiger partial charge >= 0.3 is 5.63 Å². The van der Waals surface area contributed by atoms with Gasteiger partial charge in [0.15, 0.2) is 5.65 Å². The SMILES string of the molecule is Cc1cn2cccc(NC(=O)c3cc4ccccc4oc3=O)c2n1. The highest BCUT2D eigenvalue weighted by Crippen LogP contribution is 2.18. The molecule has 6 heteroatoms. The molecule has 6 nitrogen and oxygen atoms in total. The van der Waals surface area contributed by atoms with Crippen LogP contribution in [0.3, 0.4) is 0 Å². The molecule has 3 heterocycles. The highest BCUT2D eigenvalue weighted by atomic mass is 16.4. The zero-order valence-electron chi connectivity index (χ0n) is 12.8. The van der Waals surface area contributed by atoms with E-state index in [2.05, 4.69) is 10.3 Å². The molecule has 0 aliphatic rings. The van der Waals surface area contributed by atoms with Crippen LogP contribution >= 0.6 is 0 Å². The molecule has 4 rings (SSSR count). The lowest BCUT2D eigenvalue weighted by Gasteiger charge is -2.06. The van der Waals surface area contributed by atoms with Crippen molar-refractivity contribution in [2.75, 3.05) is 5.32 Å². The zero-order chi connectivity index (χ0) is 16.7. The van der Waals surface area contributed by atoms with Crippen LogP contribution in [0.1, 0.15) is 16.1 Å². The minimum atomic E-state index is -0.669. The third-order valence-electron chi connectivity index (χ3n) is 3.74. The first-order valence-electron chi connectivity index (χ1n) is 7.40. The van der Waals surface area contributed by atoms with E-state index in [1.165, 1.54) is 6.07 Å². The van der Waals surface area contributed by atoms with E-state index in [-0.39, 0.29) is 5.56 Å². The summed E-state index contributed by atoms with van der Waals surface area (Å²) in [6.07, 6.45) is 3.70. The fourth-order valence-electron chi connectivity index (χ4n) is 2.64. The number of anilines is 1. The van der Waals surface area contributed by atoms with Crippen molar-refractivity contribution in [3.05, 3.63) is 76.5 Å². The summed E-state index contributed by atoms with van der Waals surface area (Å²) in [5.41, 5.74) is 1.72. The molecule has 0 bridgehead atoms. The van der Waals surface area contributed by atoms with Crippen molar-refractivity contribution in [1.82, 2.24) is 9.38 Å². The molecule has 0 spiro atoms. The second-order valence-electron chi connectivity index (χ2n) is 5.47. The van der Waals surface area contributed by atoms with Gasteiger partial charge in [-0.05, 0) is 31.2 Å². The molecular weight excluding hydrogens is 306 g/mol. The molecule has 0 fully saturated rings. The van der Waals surface area contributed by atoms with Crippen molar-refractivity contribution in [3.8, 4) is 0 Å². The van der Waals surface area contributed by atoms with Gasteiger partial charge in [-0.25, -0.2) is 9.78 Å². The number of fused-ring (bicyclic) bond motifs is 2. The molecule has 118 valence electrons. The number of hydrogen-bond donors (Lipinski definition) is 1. The number of aromatic nitrogens is 2. The number of nitrogens with one attached hydrogen (secondary N) is 1. The second-order valence-corrected chi connectivity index (χ2v) is 5.47. The van der Waals surface area contributed by atoms with Crippen molar-refractivity contribution < 1.29 is 9.21 Å². The van der Waals surface area contributed by atoms with Gasteiger partial charge in [0.2, 0.25) is 0 Å². The Hall–Kier alpha value is -3.41. The number of aryl methyl sites for hydroxylation is 1. The summed E-state index contributed by atoms with van der Waals surface area (Å²) in [4.78, 5) is 29.0. The van der Waals surface area contributed by atoms with Gasteiger partial charge in [0.1, 0.15) is 11.1 Å². The maximum Gasteiger partial charge on any atom is 0.349 e. The Morgan fingerprint density at radius 3 is 2.92 bits per heavy atom. The van der Waals surface area contributed by atoms with Gasteiger partial charge in [-0.2, -0.15) is 0 Å². The smallest absolute Gasteiger partial charge is 0.349 e. The van der Waals surface area contributed by atoms with Crippen molar-refractivity contribution >= 4 is 28.2 Å².